The fourth-order valence-corrected chi connectivity index (χ4v) is 1.85. The average Bonchev–Trinajstić information content (AvgIpc) is 2.81. The lowest BCUT2D eigenvalue weighted by Crippen LogP contribution is -1.89. The number of hydrogen-bond acceptors (Lipinski definition) is 3. The Bertz CT molecular complexity index is 634. The zero-order valence-corrected chi connectivity index (χ0v) is 9.77. The molecule has 0 radical (unpaired) electrons. The van der Waals surface area contributed by atoms with Gasteiger partial charge in [-0.1, -0.05) is 15.9 Å². The summed E-state index contributed by atoms with van der Waals surface area (Å²) in [6.45, 7) is 0. The number of benzene rings is 1. The summed E-state index contributed by atoms with van der Waals surface area (Å²) in [5, 5.41) is 0. The molecule has 16 heavy (non-hydrogen) atoms. The van der Waals surface area contributed by atoms with Crippen LogP contribution in [0.3, 0.4) is 0 Å². The Labute approximate surface area is 99.9 Å². The van der Waals surface area contributed by atoms with Gasteiger partial charge in [0.2, 0.25) is 0 Å². The average molecular weight is 275 g/mol. The molecule has 0 atom stereocenters. The van der Waals surface area contributed by atoms with Crippen LogP contribution in [0.25, 0.3) is 22.6 Å². The van der Waals surface area contributed by atoms with Crippen LogP contribution in [-0.2, 0) is 0 Å². The molecule has 0 spiro atoms. The minimum Gasteiger partial charge on any atom is -0.343 e. The van der Waals surface area contributed by atoms with Gasteiger partial charge in [0.15, 0.2) is 5.82 Å². The molecular weight excluding hydrogens is 268 g/mol. The largest absolute Gasteiger partial charge is 0.343 e. The highest BCUT2D eigenvalue weighted by Crippen LogP contribution is 2.19. The van der Waals surface area contributed by atoms with E-state index in [0.29, 0.717) is 0 Å². The fraction of sp³-hybridized carbons (Fsp3) is 0. The van der Waals surface area contributed by atoms with Crippen molar-refractivity contribution in [3.8, 4) is 11.5 Å². The van der Waals surface area contributed by atoms with Crippen molar-refractivity contribution in [2.24, 2.45) is 0 Å². The summed E-state index contributed by atoms with van der Waals surface area (Å²) in [6, 6.07) is 5.82. The molecule has 0 unspecified atom stereocenters. The van der Waals surface area contributed by atoms with E-state index in [2.05, 4.69) is 35.9 Å². The third-order valence-corrected chi connectivity index (χ3v) is 2.74. The number of rotatable bonds is 1. The van der Waals surface area contributed by atoms with E-state index in [0.717, 1.165) is 27.0 Å². The molecule has 0 saturated heterocycles. The lowest BCUT2D eigenvalue weighted by molar-refractivity contribution is 1.21. The summed E-state index contributed by atoms with van der Waals surface area (Å²) >= 11 is 3.41. The third-order valence-electron chi connectivity index (χ3n) is 2.25. The molecule has 0 saturated carbocycles. The van der Waals surface area contributed by atoms with Crippen molar-refractivity contribution in [3.63, 3.8) is 0 Å². The number of H-pyrrole nitrogens is 1. The second kappa shape index (κ2) is 3.68. The minimum atomic E-state index is 0.731. The Kier molecular flexibility index (Phi) is 2.18. The number of fused-ring (bicyclic) bond motifs is 1. The molecule has 3 aromatic rings. The van der Waals surface area contributed by atoms with E-state index in [4.69, 9.17) is 0 Å². The first-order valence-corrected chi connectivity index (χ1v) is 5.54. The summed E-state index contributed by atoms with van der Waals surface area (Å²) in [4.78, 5) is 16.0. The topological polar surface area (TPSA) is 54.5 Å². The van der Waals surface area contributed by atoms with E-state index in [-0.39, 0.29) is 0 Å². The Hall–Kier alpha value is -1.75. The van der Waals surface area contributed by atoms with Crippen molar-refractivity contribution in [3.05, 3.63) is 41.3 Å². The SMILES string of the molecule is Brc1ccc2ncc(-c3ncc[nH]3)nc2c1. The van der Waals surface area contributed by atoms with Crippen molar-refractivity contribution in [2.75, 3.05) is 0 Å². The molecule has 0 aliphatic carbocycles. The van der Waals surface area contributed by atoms with E-state index in [1.54, 1.807) is 18.6 Å². The van der Waals surface area contributed by atoms with Crippen LogP contribution in [0, 0.1) is 0 Å². The summed E-state index contributed by atoms with van der Waals surface area (Å²) in [5.41, 5.74) is 2.47. The lowest BCUT2D eigenvalue weighted by Gasteiger charge is -2.00. The van der Waals surface area contributed by atoms with Crippen molar-refractivity contribution in [1.82, 2.24) is 19.9 Å². The maximum Gasteiger partial charge on any atom is 0.157 e. The second-order valence-corrected chi connectivity index (χ2v) is 4.24. The molecule has 2 heterocycles. The quantitative estimate of drug-likeness (QED) is 0.743. The summed E-state index contributed by atoms with van der Waals surface area (Å²) in [5.74, 6) is 0.731. The van der Waals surface area contributed by atoms with Gasteiger partial charge in [0.25, 0.3) is 0 Å². The third kappa shape index (κ3) is 1.59. The van der Waals surface area contributed by atoms with Crippen LogP contribution in [-0.4, -0.2) is 19.9 Å². The van der Waals surface area contributed by atoms with Crippen LogP contribution in [0.15, 0.2) is 41.3 Å². The zero-order valence-electron chi connectivity index (χ0n) is 8.18. The normalized spacial score (nSPS) is 10.8. The number of hydrogen-bond donors (Lipinski definition) is 1. The molecule has 0 amide bonds. The van der Waals surface area contributed by atoms with Crippen LogP contribution in [0.4, 0.5) is 0 Å². The predicted octanol–water partition coefficient (Wildman–Crippen LogP) is 2.78. The summed E-state index contributed by atoms with van der Waals surface area (Å²) in [6.07, 6.45) is 5.18. The van der Waals surface area contributed by atoms with Gasteiger partial charge in [-0.05, 0) is 18.2 Å². The van der Waals surface area contributed by atoms with Crippen molar-refractivity contribution in [2.45, 2.75) is 0 Å². The van der Waals surface area contributed by atoms with Gasteiger partial charge in [0.1, 0.15) is 5.69 Å². The summed E-state index contributed by atoms with van der Waals surface area (Å²) < 4.78 is 0.992. The van der Waals surface area contributed by atoms with Gasteiger partial charge in [-0.15, -0.1) is 0 Å². The Morgan fingerprint density at radius 2 is 2.06 bits per heavy atom. The Morgan fingerprint density at radius 3 is 2.88 bits per heavy atom. The summed E-state index contributed by atoms with van der Waals surface area (Å²) in [7, 11) is 0. The first-order chi connectivity index (χ1) is 7.83. The standard InChI is InChI=1S/C11H7BrN4/c12-7-1-2-8-9(5-7)16-10(6-15-8)11-13-3-4-14-11/h1-6H,(H,13,14). The van der Waals surface area contributed by atoms with Crippen molar-refractivity contribution in [1.29, 1.82) is 0 Å². The number of imidazole rings is 1. The number of aromatic amines is 1. The molecule has 0 aliphatic rings. The van der Waals surface area contributed by atoms with E-state index in [9.17, 15) is 0 Å². The number of nitrogens with zero attached hydrogens (tertiary/aromatic N) is 3. The van der Waals surface area contributed by atoms with Gasteiger partial charge in [0.05, 0.1) is 17.2 Å². The smallest absolute Gasteiger partial charge is 0.157 e. The van der Waals surface area contributed by atoms with Crippen LogP contribution < -0.4 is 0 Å². The molecule has 3 rings (SSSR count). The Morgan fingerprint density at radius 1 is 1.12 bits per heavy atom. The molecule has 4 nitrogen and oxygen atoms in total. The molecule has 1 aromatic carbocycles. The molecule has 5 heteroatoms. The zero-order chi connectivity index (χ0) is 11.0. The maximum atomic E-state index is 4.49. The van der Waals surface area contributed by atoms with Gasteiger partial charge in [-0.25, -0.2) is 9.97 Å². The van der Waals surface area contributed by atoms with Gasteiger partial charge in [0, 0.05) is 16.9 Å². The molecule has 78 valence electrons. The first kappa shape index (κ1) is 9.47. The van der Waals surface area contributed by atoms with Crippen LogP contribution in [0.5, 0.6) is 0 Å². The van der Waals surface area contributed by atoms with Crippen LogP contribution in [0.1, 0.15) is 0 Å². The van der Waals surface area contributed by atoms with Crippen molar-refractivity contribution < 1.29 is 0 Å². The number of aromatic nitrogens is 4. The molecule has 0 aliphatic heterocycles. The number of nitrogens with one attached hydrogen (secondary N) is 1. The highest BCUT2D eigenvalue weighted by atomic mass is 79.9. The lowest BCUT2D eigenvalue weighted by atomic mass is 10.3. The van der Waals surface area contributed by atoms with Gasteiger partial charge in [-0.2, -0.15) is 0 Å². The van der Waals surface area contributed by atoms with Gasteiger partial charge < -0.3 is 4.98 Å². The van der Waals surface area contributed by atoms with Crippen molar-refractivity contribution >= 4 is 27.0 Å². The van der Waals surface area contributed by atoms with Crippen LogP contribution in [0.2, 0.25) is 0 Å². The van der Waals surface area contributed by atoms with E-state index >= 15 is 0 Å². The monoisotopic (exact) mass is 274 g/mol. The molecule has 0 fully saturated rings. The van der Waals surface area contributed by atoms with E-state index < -0.39 is 0 Å². The predicted molar refractivity (Wildman–Crippen MR) is 64.8 cm³/mol. The fourth-order valence-electron chi connectivity index (χ4n) is 1.50. The van der Waals surface area contributed by atoms with E-state index in [1.807, 2.05) is 18.2 Å². The maximum absolute atomic E-state index is 4.49. The molecule has 0 bridgehead atoms. The van der Waals surface area contributed by atoms with Gasteiger partial charge in [-0.3, -0.25) is 4.98 Å². The second-order valence-electron chi connectivity index (χ2n) is 3.33. The van der Waals surface area contributed by atoms with Gasteiger partial charge >= 0.3 is 0 Å². The van der Waals surface area contributed by atoms with Crippen LogP contribution >= 0.6 is 15.9 Å². The number of halogens is 1. The molecule has 2 aromatic heterocycles. The first-order valence-electron chi connectivity index (χ1n) is 4.75. The van der Waals surface area contributed by atoms with E-state index in [1.165, 1.54) is 0 Å². The highest BCUT2D eigenvalue weighted by molar-refractivity contribution is 9.10. The Balaban J connectivity index is 2.22. The highest BCUT2D eigenvalue weighted by Gasteiger charge is 2.04. The minimum absolute atomic E-state index is 0.731. The molecule has 1 N–H and O–H groups in total. The molecular formula is C11H7BrN4.